The SMILES string of the molecule is Nc1c(Br)cc(C=C2C=Cc3ccccc32)cc1Br. The Labute approximate surface area is 129 Å². The van der Waals surface area contributed by atoms with Gasteiger partial charge in [0.15, 0.2) is 0 Å². The van der Waals surface area contributed by atoms with Crippen molar-refractivity contribution in [2.45, 2.75) is 0 Å². The first kappa shape index (κ1) is 12.7. The third-order valence-electron chi connectivity index (χ3n) is 3.14. The Bertz CT molecular complexity index is 691. The zero-order valence-corrected chi connectivity index (χ0v) is 13.2. The highest BCUT2D eigenvalue weighted by Gasteiger charge is 2.10. The maximum Gasteiger partial charge on any atom is 0.0603 e. The van der Waals surface area contributed by atoms with E-state index in [1.807, 2.05) is 12.1 Å². The molecule has 1 nitrogen and oxygen atoms in total. The minimum Gasteiger partial charge on any atom is -0.397 e. The fourth-order valence-electron chi connectivity index (χ4n) is 2.17. The van der Waals surface area contributed by atoms with Gasteiger partial charge in [-0.15, -0.1) is 0 Å². The number of fused-ring (bicyclic) bond motifs is 1. The van der Waals surface area contributed by atoms with E-state index in [-0.39, 0.29) is 0 Å². The van der Waals surface area contributed by atoms with Crippen molar-refractivity contribution in [3.05, 3.63) is 68.1 Å². The first-order chi connectivity index (χ1) is 9.15. The van der Waals surface area contributed by atoms with Crippen LogP contribution in [0.15, 0.2) is 51.4 Å². The van der Waals surface area contributed by atoms with Crippen LogP contribution in [-0.2, 0) is 0 Å². The normalized spacial score (nSPS) is 14.9. The number of anilines is 1. The van der Waals surface area contributed by atoms with Crippen molar-refractivity contribution in [2.24, 2.45) is 0 Å². The first-order valence-corrected chi connectivity index (χ1v) is 7.47. The first-order valence-electron chi connectivity index (χ1n) is 5.89. The predicted molar refractivity (Wildman–Crippen MR) is 89.6 cm³/mol. The zero-order valence-electron chi connectivity index (χ0n) is 10.0. The largest absolute Gasteiger partial charge is 0.397 e. The molecule has 3 rings (SSSR count). The van der Waals surface area contributed by atoms with Gasteiger partial charge in [-0.1, -0.05) is 36.4 Å². The smallest absolute Gasteiger partial charge is 0.0603 e. The Hall–Kier alpha value is -1.32. The van der Waals surface area contributed by atoms with E-state index in [0.29, 0.717) is 0 Å². The van der Waals surface area contributed by atoms with E-state index in [1.165, 1.54) is 16.7 Å². The number of hydrogen-bond donors (Lipinski definition) is 1. The summed E-state index contributed by atoms with van der Waals surface area (Å²) in [6.45, 7) is 0. The van der Waals surface area contributed by atoms with E-state index in [2.05, 4.69) is 74.4 Å². The molecule has 0 unspecified atom stereocenters. The highest BCUT2D eigenvalue weighted by Crippen LogP contribution is 2.34. The van der Waals surface area contributed by atoms with Crippen LogP contribution in [0.2, 0.25) is 0 Å². The van der Waals surface area contributed by atoms with E-state index in [4.69, 9.17) is 5.73 Å². The van der Waals surface area contributed by atoms with Crippen LogP contribution in [0, 0.1) is 0 Å². The van der Waals surface area contributed by atoms with E-state index < -0.39 is 0 Å². The van der Waals surface area contributed by atoms with Gasteiger partial charge in [0.2, 0.25) is 0 Å². The van der Waals surface area contributed by atoms with Crippen LogP contribution in [0.3, 0.4) is 0 Å². The molecule has 0 spiro atoms. The van der Waals surface area contributed by atoms with Crippen molar-refractivity contribution in [2.75, 3.05) is 5.73 Å². The molecule has 0 fully saturated rings. The van der Waals surface area contributed by atoms with Crippen molar-refractivity contribution in [3.63, 3.8) is 0 Å². The summed E-state index contributed by atoms with van der Waals surface area (Å²) >= 11 is 6.95. The van der Waals surface area contributed by atoms with Crippen LogP contribution in [0.1, 0.15) is 16.7 Å². The van der Waals surface area contributed by atoms with E-state index >= 15 is 0 Å². The third kappa shape index (κ3) is 2.40. The second-order valence-electron chi connectivity index (χ2n) is 4.42. The highest BCUT2D eigenvalue weighted by molar-refractivity contribution is 9.11. The van der Waals surface area contributed by atoms with Gasteiger partial charge in [0, 0.05) is 8.95 Å². The molecule has 0 radical (unpaired) electrons. The van der Waals surface area contributed by atoms with Gasteiger partial charge in [-0.2, -0.15) is 0 Å². The minimum atomic E-state index is 0.726. The molecule has 1 aliphatic carbocycles. The molecule has 0 aromatic heterocycles. The highest BCUT2D eigenvalue weighted by atomic mass is 79.9. The molecule has 2 aromatic carbocycles. The Morgan fingerprint density at radius 1 is 0.947 bits per heavy atom. The molecule has 94 valence electrons. The number of nitrogens with two attached hydrogens (primary N) is 1. The van der Waals surface area contributed by atoms with Crippen molar-refractivity contribution in [1.82, 2.24) is 0 Å². The van der Waals surface area contributed by atoms with Crippen LogP contribution in [-0.4, -0.2) is 0 Å². The zero-order chi connectivity index (χ0) is 13.4. The molecule has 19 heavy (non-hydrogen) atoms. The fraction of sp³-hybridized carbons (Fsp3) is 0. The summed E-state index contributed by atoms with van der Waals surface area (Å²) in [4.78, 5) is 0. The fourth-order valence-corrected chi connectivity index (χ4v) is 3.39. The number of halogens is 2. The Morgan fingerprint density at radius 2 is 1.63 bits per heavy atom. The number of allylic oxidation sites excluding steroid dienone is 2. The summed E-state index contributed by atoms with van der Waals surface area (Å²) in [7, 11) is 0. The second-order valence-corrected chi connectivity index (χ2v) is 6.13. The van der Waals surface area contributed by atoms with Crippen LogP contribution in [0.25, 0.3) is 17.7 Å². The molecule has 1 aliphatic rings. The van der Waals surface area contributed by atoms with Gasteiger partial charge in [-0.25, -0.2) is 0 Å². The van der Waals surface area contributed by atoms with Gasteiger partial charge in [0.05, 0.1) is 5.69 Å². The lowest BCUT2D eigenvalue weighted by Crippen LogP contribution is -1.89. The molecule has 0 amide bonds. The molecule has 2 N–H and O–H groups in total. The van der Waals surface area contributed by atoms with Crippen LogP contribution < -0.4 is 5.73 Å². The summed E-state index contributed by atoms with van der Waals surface area (Å²) < 4.78 is 1.81. The molecular formula is C16H11Br2N. The molecular weight excluding hydrogens is 366 g/mol. The summed E-state index contributed by atoms with van der Waals surface area (Å²) in [5.41, 5.74) is 11.5. The number of benzene rings is 2. The maximum absolute atomic E-state index is 5.91. The minimum absolute atomic E-state index is 0.726. The average Bonchev–Trinajstić information content (AvgIpc) is 2.79. The lowest BCUT2D eigenvalue weighted by atomic mass is 10.0. The van der Waals surface area contributed by atoms with Crippen LogP contribution >= 0.6 is 31.9 Å². The molecule has 0 atom stereocenters. The summed E-state index contributed by atoms with van der Waals surface area (Å²) in [5, 5.41) is 0. The van der Waals surface area contributed by atoms with Crippen molar-refractivity contribution < 1.29 is 0 Å². The van der Waals surface area contributed by atoms with Crippen LogP contribution in [0.4, 0.5) is 5.69 Å². The number of rotatable bonds is 1. The van der Waals surface area contributed by atoms with E-state index in [1.54, 1.807) is 0 Å². The monoisotopic (exact) mass is 375 g/mol. The van der Waals surface area contributed by atoms with Crippen molar-refractivity contribution >= 4 is 55.3 Å². The predicted octanol–water partition coefficient (Wildman–Crippen LogP) is 5.36. The van der Waals surface area contributed by atoms with E-state index in [9.17, 15) is 0 Å². The Kier molecular flexibility index (Phi) is 3.33. The lowest BCUT2D eigenvalue weighted by molar-refractivity contribution is 1.55. The number of hydrogen-bond acceptors (Lipinski definition) is 1. The van der Waals surface area contributed by atoms with Gasteiger partial charge >= 0.3 is 0 Å². The maximum atomic E-state index is 5.91. The molecule has 0 aliphatic heterocycles. The molecule has 3 heteroatoms. The standard InChI is InChI=1S/C16H11Br2N/c17-14-8-10(9-15(18)16(14)19)7-12-6-5-11-3-1-2-4-13(11)12/h1-9H,19H2. The average molecular weight is 377 g/mol. The summed E-state index contributed by atoms with van der Waals surface area (Å²) in [5.74, 6) is 0. The lowest BCUT2D eigenvalue weighted by Gasteiger charge is -2.05. The van der Waals surface area contributed by atoms with Gasteiger partial charge in [0.1, 0.15) is 0 Å². The quantitative estimate of drug-likeness (QED) is 0.666. The van der Waals surface area contributed by atoms with Crippen molar-refractivity contribution in [1.29, 1.82) is 0 Å². The molecule has 0 heterocycles. The molecule has 2 aromatic rings. The van der Waals surface area contributed by atoms with Gasteiger partial charge < -0.3 is 5.73 Å². The van der Waals surface area contributed by atoms with Gasteiger partial charge in [-0.05, 0) is 72.3 Å². The van der Waals surface area contributed by atoms with Crippen LogP contribution in [0.5, 0.6) is 0 Å². The topological polar surface area (TPSA) is 26.0 Å². The third-order valence-corrected chi connectivity index (χ3v) is 4.45. The molecule has 0 saturated carbocycles. The molecule has 0 bridgehead atoms. The van der Waals surface area contributed by atoms with Gasteiger partial charge in [0.25, 0.3) is 0 Å². The number of nitrogen functional groups attached to an aromatic ring is 1. The second kappa shape index (κ2) is 4.99. The summed E-state index contributed by atoms with van der Waals surface area (Å²) in [6.07, 6.45) is 6.45. The van der Waals surface area contributed by atoms with Crippen molar-refractivity contribution in [3.8, 4) is 0 Å². The Balaban J connectivity index is 2.07. The molecule has 0 saturated heterocycles. The summed E-state index contributed by atoms with van der Waals surface area (Å²) in [6, 6.07) is 12.4. The van der Waals surface area contributed by atoms with Gasteiger partial charge in [-0.3, -0.25) is 0 Å². The van der Waals surface area contributed by atoms with E-state index in [0.717, 1.165) is 20.2 Å². The Morgan fingerprint density at radius 3 is 2.37 bits per heavy atom.